The average molecular weight is 434 g/mol. The van der Waals surface area contributed by atoms with Gasteiger partial charge >= 0.3 is 5.97 Å². The van der Waals surface area contributed by atoms with Gasteiger partial charge in [-0.2, -0.15) is 0 Å². The molecule has 0 aliphatic heterocycles. The van der Waals surface area contributed by atoms with Gasteiger partial charge in [-0.15, -0.1) is 21.5 Å². The monoisotopic (exact) mass is 433 g/mol. The van der Waals surface area contributed by atoms with Crippen molar-refractivity contribution in [2.24, 2.45) is 0 Å². The van der Waals surface area contributed by atoms with E-state index in [1.54, 1.807) is 18.3 Å². The number of aryl methyl sites for hydroxylation is 3. The van der Waals surface area contributed by atoms with Crippen LogP contribution in [-0.4, -0.2) is 50.4 Å². The minimum absolute atomic E-state index is 0.128. The zero-order valence-corrected chi connectivity index (χ0v) is 18.1. The van der Waals surface area contributed by atoms with Crippen LogP contribution in [0.2, 0.25) is 0 Å². The summed E-state index contributed by atoms with van der Waals surface area (Å²) in [7, 11) is 0. The first kappa shape index (κ1) is 20.1. The number of thioether (sulfide) groups is 1. The number of nitrogens with zero attached hydrogens (tertiary/aromatic N) is 4. The second-order valence-electron chi connectivity index (χ2n) is 6.78. The van der Waals surface area contributed by atoms with Crippen molar-refractivity contribution in [2.75, 3.05) is 18.9 Å². The Morgan fingerprint density at radius 1 is 1.24 bits per heavy atom. The van der Waals surface area contributed by atoms with Gasteiger partial charge in [-0.1, -0.05) is 18.7 Å². The van der Waals surface area contributed by atoms with Crippen molar-refractivity contribution < 1.29 is 14.3 Å². The number of thiophene rings is 1. The third kappa shape index (κ3) is 3.95. The Balaban J connectivity index is 1.59. The smallest absolute Gasteiger partial charge is 0.325 e. The highest BCUT2D eigenvalue weighted by molar-refractivity contribution is 7.99. The number of ether oxygens (including phenoxy) is 1. The molecule has 1 aliphatic rings. The maximum absolute atomic E-state index is 12.1. The minimum atomic E-state index is -0.444. The van der Waals surface area contributed by atoms with Crippen LogP contribution in [0.5, 0.6) is 0 Å². The van der Waals surface area contributed by atoms with Crippen molar-refractivity contribution in [3.63, 3.8) is 0 Å². The molecule has 0 saturated heterocycles. The number of fused-ring (bicyclic) bond motifs is 5. The zero-order chi connectivity index (χ0) is 20.4. The molecule has 10 heteroatoms. The molecule has 0 bridgehead atoms. The van der Waals surface area contributed by atoms with E-state index in [4.69, 9.17) is 9.72 Å². The Bertz CT molecular complexity index is 1080. The molecule has 0 radical (unpaired) electrons. The van der Waals surface area contributed by atoms with E-state index in [0.29, 0.717) is 11.8 Å². The van der Waals surface area contributed by atoms with Gasteiger partial charge in [0.1, 0.15) is 17.2 Å². The Hall–Kier alpha value is -2.20. The van der Waals surface area contributed by atoms with Crippen molar-refractivity contribution in [1.82, 2.24) is 24.9 Å². The third-order valence-corrected chi connectivity index (χ3v) is 7.00. The van der Waals surface area contributed by atoms with Crippen LogP contribution in [0.4, 0.5) is 0 Å². The van der Waals surface area contributed by atoms with Crippen LogP contribution in [0, 0.1) is 0 Å². The molecule has 1 aliphatic carbocycles. The van der Waals surface area contributed by atoms with Gasteiger partial charge in [-0.3, -0.25) is 14.0 Å². The van der Waals surface area contributed by atoms with Gasteiger partial charge in [0, 0.05) is 11.3 Å². The van der Waals surface area contributed by atoms with Crippen LogP contribution >= 0.6 is 23.1 Å². The molecule has 3 aromatic heterocycles. The highest BCUT2D eigenvalue weighted by Gasteiger charge is 2.23. The third-order valence-electron chi connectivity index (χ3n) is 4.88. The summed E-state index contributed by atoms with van der Waals surface area (Å²) in [4.78, 5) is 30.8. The SMILES string of the molecule is CCOC(=O)CNC(=O)CSc1nnc2c3c4c(sc3nc(CC)n12)CCCC4. The Labute approximate surface area is 176 Å². The van der Waals surface area contributed by atoms with E-state index in [2.05, 4.69) is 22.4 Å². The number of carbonyl (C=O) groups excluding carboxylic acids is 2. The van der Waals surface area contributed by atoms with Crippen molar-refractivity contribution >= 4 is 50.8 Å². The number of hydrogen-bond donors (Lipinski definition) is 1. The van der Waals surface area contributed by atoms with Crippen LogP contribution in [0.3, 0.4) is 0 Å². The predicted molar refractivity (Wildman–Crippen MR) is 113 cm³/mol. The summed E-state index contributed by atoms with van der Waals surface area (Å²) < 4.78 is 6.79. The fraction of sp³-hybridized carbons (Fsp3) is 0.526. The summed E-state index contributed by atoms with van der Waals surface area (Å²) in [5, 5.41) is 13.1. The lowest BCUT2D eigenvalue weighted by atomic mass is 9.97. The molecule has 0 saturated carbocycles. The number of hydrogen-bond acceptors (Lipinski definition) is 8. The molecular weight excluding hydrogens is 410 g/mol. The molecule has 3 heterocycles. The number of esters is 1. The van der Waals surface area contributed by atoms with E-state index in [1.165, 1.54) is 35.0 Å². The number of carbonyl (C=O) groups is 2. The first-order chi connectivity index (χ1) is 14.1. The van der Waals surface area contributed by atoms with Gasteiger partial charge in [0.15, 0.2) is 10.8 Å². The molecule has 1 amide bonds. The molecule has 1 N–H and O–H groups in total. The standard InChI is InChI=1S/C19H23N5O3S2/c1-3-13-21-18-16(11-7-5-6-8-12(11)29-18)17-22-23-19(24(13)17)28-10-14(25)20-9-15(26)27-4-2/h3-10H2,1-2H3,(H,20,25). The topological polar surface area (TPSA) is 98.5 Å². The van der Waals surface area contributed by atoms with Crippen LogP contribution in [0.1, 0.15) is 43.0 Å². The van der Waals surface area contributed by atoms with E-state index in [9.17, 15) is 9.59 Å². The second kappa shape index (κ2) is 8.66. The van der Waals surface area contributed by atoms with Gasteiger partial charge in [-0.25, -0.2) is 4.98 Å². The lowest BCUT2D eigenvalue weighted by molar-refractivity contribution is -0.143. The summed E-state index contributed by atoms with van der Waals surface area (Å²) in [6.07, 6.45) is 5.34. The van der Waals surface area contributed by atoms with E-state index in [0.717, 1.165) is 41.0 Å². The number of rotatable bonds is 7. The van der Waals surface area contributed by atoms with Crippen LogP contribution in [0.25, 0.3) is 15.9 Å². The Kier molecular flexibility index (Phi) is 6.00. The quantitative estimate of drug-likeness (QED) is 0.452. The first-order valence-electron chi connectivity index (χ1n) is 9.85. The molecule has 154 valence electrons. The molecular formula is C19H23N5O3S2. The summed E-state index contributed by atoms with van der Waals surface area (Å²) in [5.41, 5.74) is 2.20. The normalized spacial score (nSPS) is 13.6. The van der Waals surface area contributed by atoms with Crippen LogP contribution in [0.15, 0.2) is 5.16 Å². The van der Waals surface area contributed by atoms with Crippen LogP contribution < -0.4 is 5.32 Å². The lowest BCUT2D eigenvalue weighted by Gasteiger charge is -2.11. The lowest BCUT2D eigenvalue weighted by Crippen LogP contribution is -2.31. The average Bonchev–Trinajstić information content (AvgIpc) is 3.31. The predicted octanol–water partition coefficient (Wildman–Crippen LogP) is 2.55. The largest absolute Gasteiger partial charge is 0.465 e. The fourth-order valence-corrected chi connectivity index (χ4v) is 5.64. The van der Waals surface area contributed by atoms with Gasteiger partial charge in [0.25, 0.3) is 0 Å². The summed E-state index contributed by atoms with van der Waals surface area (Å²) in [6.45, 7) is 3.95. The number of aromatic nitrogens is 4. The molecule has 29 heavy (non-hydrogen) atoms. The van der Waals surface area contributed by atoms with Crippen molar-refractivity contribution in [3.8, 4) is 0 Å². The van der Waals surface area contributed by atoms with Crippen molar-refractivity contribution in [2.45, 2.75) is 51.1 Å². The molecule has 8 nitrogen and oxygen atoms in total. The van der Waals surface area contributed by atoms with E-state index in [-0.39, 0.29) is 18.2 Å². The molecule has 0 atom stereocenters. The van der Waals surface area contributed by atoms with Crippen molar-refractivity contribution in [1.29, 1.82) is 0 Å². The maximum Gasteiger partial charge on any atom is 0.325 e. The number of amides is 1. The molecule has 0 spiro atoms. The molecule has 0 aromatic carbocycles. The minimum Gasteiger partial charge on any atom is -0.465 e. The highest BCUT2D eigenvalue weighted by atomic mass is 32.2. The maximum atomic E-state index is 12.1. The Morgan fingerprint density at radius 3 is 2.86 bits per heavy atom. The molecule has 0 fully saturated rings. The van der Waals surface area contributed by atoms with Gasteiger partial charge in [0.05, 0.1) is 17.7 Å². The Morgan fingerprint density at radius 2 is 2.07 bits per heavy atom. The van der Waals surface area contributed by atoms with E-state index < -0.39 is 5.97 Å². The van der Waals surface area contributed by atoms with Gasteiger partial charge in [0.2, 0.25) is 5.91 Å². The summed E-state index contributed by atoms with van der Waals surface area (Å²) in [6, 6.07) is 0. The van der Waals surface area contributed by atoms with Crippen molar-refractivity contribution in [3.05, 3.63) is 16.3 Å². The fourth-order valence-electron chi connectivity index (χ4n) is 3.59. The highest BCUT2D eigenvalue weighted by Crippen LogP contribution is 2.38. The van der Waals surface area contributed by atoms with Crippen LogP contribution in [-0.2, 0) is 33.6 Å². The second-order valence-corrected chi connectivity index (χ2v) is 8.81. The summed E-state index contributed by atoms with van der Waals surface area (Å²) >= 11 is 3.07. The first-order valence-corrected chi connectivity index (χ1v) is 11.7. The molecule has 4 rings (SSSR count). The van der Waals surface area contributed by atoms with Gasteiger partial charge in [-0.05, 0) is 38.2 Å². The van der Waals surface area contributed by atoms with E-state index in [1.807, 2.05) is 4.40 Å². The summed E-state index contributed by atoms with van der Waals surface area (Å²) in [5.74, 6) is 0.342. The number of nitrogens with one attached hydrogen (secondary N) is 1. The van der Waals surface area contributed by atoms with Gasteiger partial charge < -0.3 is 10.1 Å². The zero-order valence-electron chi connectivity index (χ0n) is 16.5. The molecule has 3 aromatic rings. The molecule has 0 unspecified atom stereocenters. The van der Waals surface area contributed by atoms with E-state index >= 15 is 0 Å².